The molecular formula is C14H20BrClF2N2O. The van der Waals surface area contributed by atoms with E-state index >= 15 is 0 Å². The number of alkyl halides is 2. The summed E-state index contributed by atoms with van der Waals surface area (Å²) in [6, 6.07) is 5.11. The average molecular weight is 386 g/mol. The number of nitrogens with two attached hydrogens (primary N) is 1. The molecule has 120 valence electrons. The summed E-state index contributed by atoms with van der Waals surface area (Å²) < 4.78 is 30.3. The molecule has 1 aromatic rings. The van der Waals surface area contributed by atoms with Gasteiger partial charge in [-0.05, 0) is 43.1 Å². The summed E-state index contributed by atoms with van der Waals surface area (Å²) in [5, 5.41) is 0. The van der Waals surface area contributed by atoms with Crippen molar-refractivity contribution in [2.45, 2.75) is 26.5 Å². The Kier molecular flexibility index (Phi) is 6.84. The van der Waals surface area contributed by atoms with Crippen LogP contribution in [0.25, 0.3) is 0 Å². The van der Waals surface area contributed by atoms with Gasteiger partial charge in [-0.25, -0.2) is 0 Å². The molecule has 7 heteroatoms. The maximum atomic E-state index is 12.4. The zero-order valence-electron chi connectivity index (χ0n) is 11.8. The Hall–Kier alpha value is -0.430. The van der Waals surface area contributed by atoms with Gasteiger partial charge in [0.15, 0.2) is 0 Å². The Balaban J connectivity index is 0.00000220. The maximum absolute atomic E-state index is 12.4. The van der Waals surface area contributed by atoms with Gasteiger partial charge >= 0.3 is 6.61 Å². The lowest BCUT2D eigenvalue weighted by Gasteiger charge is -2.23. The lowest BCUT2D eigenvalue weighted by molar-refractivity contribution is -0.0507. The van der Waals surface area contributed by atoms with E-state index in [-0.39, 0.29) is 23.6 Å². The van der Waals surface area contributed by atoms with Crippen LogP contribution in [0.15, 0.2) is 22.7 Å². The number of nitrogens with zero attached hydrogens (tertiary/aromatic N) is 1. The van der Waals surface area contributed by atoms with Crippen LogP contribution in [0.2, 0.25) is 0 Å². The Bertz CT molecular complexity index is 478. The lowest BCUT2D eigenvalue weighted by Crippen LogP contribution is -2.31. The summed E-state index contributed by atoms with van der Waals surface area (Å²) in [7, 11) is 0. The molecule has 2 rings (SSSR count). The summed E-state index contributed by atoms with van der Waals surface area (Å²) in [6.07, 6.45) is 1.03. The molecular weight excluding hydrogens is 366 g/mol. The van der Waals surface area contributed by atoms with Gasteiger partial charge in [0.25, 0.3) is 0 Å². The third kappa shape index (κ3) is 5.06. The van der Waals surface area contributed by atoms with E-state index in [1.54, 1.807) is 12.1 Å². The SMILES string of the molecule is CC1(CN)CCN(Cc2cc(Br)ccc2OC(F)F)C1.Cl. The summed E-state index contributed by atoms with van der Waals surface area (Å²) in [6.45, 7) is 2.39. The minimum Gasteiger partial charge on any atom is -0.434 e. The van der Waals surface area contributed by atoms with Crippen LogP contribution >= 0.6 is 28.3 Å². The molecule has 3 nitrogen and oxygen atoms in total. The topological polar surface area (TPSA) is 38.5 Å². The van der Waals surface area contributed by atoms with Crippen LogP contribution in [0, 0.1) is 5.41 Å². The number of hydrogen-bond acceptors (Lipinski definition) is 3. The average Bonchev–Trinajstić information content (AvgIpc) is 2.75. The molecule has 1 unspecified atom stereocenters. The number of likely N-dealkylation sites (tertiary alicyclic amines) is 1. The van der Waals surface area contributed by atoms with Crippen LogP contribution in [0.4, 0.5) is 8.78 Å². The molecule has 0 saturated carbocycles. The van der Waals surface area contributed by atoms with Gasteiger partial charge in [-0.15, -0.1) is 12.4 Å². The largest absolute Gasteiger partial charge is 0.434 e. The highest BCUT2D eigenvalue weighted by atomic mass is 79.9. The highest BCUT2D eigenvalue weighted by Crippen LogP contribution is 2.32. The van der Waals surface area contributed by atoms with E-state index in [1.165, 1.54) is 0 Å². The van der Waals surface area contributed by atoms with Crippen LogP contribution in [0.1, 0.15) is 18.9 Å². The summed E-state index contributed by atoms with van der Waals surface area (Å²) >= 11 is 3.37. The molecule has 1 aliphatic heterocycles. The Morgan fingerprint density at radius 3 is 2.76 bits per heavy atom. The lowest BCUT2D eigenvalue weighted by atomic mass is 9.90. The molecule has 1 aromatic carbocycles. The Morgan fingerprint density at radius 1 is 1.48 bits per heavy atom. The first-order valence-corrected chi connectivity index (χ1v) is 7.37. The predicted octanol–water partition coefficient (Wildman–Crippen LogP) is 3.64. The molecule has 2 N–H and O–H groups in total. The fourth-order valence-corrected chi connectivity index (χ4v) is 2.96. The maximum Gasteiger partial charge on any atom is 0.387 e. The molecule has 0 radical (unpaired) electrons. The number of benzene rings is 1. The molecule has 1 atom stereocenters. The van der Waals surface area contributed by atoms with Gasteiger partial charge in [0.1, 0.15) is 5.75 Å². The second-order valence-corrected chi connectivity index (χ2v) is 6.52. The molecule has 1 saturated heterocycles. The molecule has 0 amide bonds. The van der Waals surface area contributed by atoms with Gasteiger partial charge in [-0.2, -0.15) is 8.78 Å². The van der Waals surface area contributed by atoms with E-state index in [0.29, 0.717) is 13.1 Å². The number of ether oxygens (including phenoxy) is 1. The first-order chi connectivity index (χ1) is 9.42. The van der Waals surface area contributed by atoms with Gasteiger partial charge in [0.2, 0.25) is 0 Å². The van der Waals surface area contributed by atoms with Crippen molar-refractivity contribution < 1.29 is 13.5 Å². The van der Waals surface area contributed by atoms with Crippen LogP contribution in [-0.4, -0.2) is 31.1 Å². The fourth-order valence-electron chi connectivity index (χ4n) is 2.55. The van der Waals surface area contributed by atoms with Crippen molar-refractivity contribution in [2.24, 2.45) is 11.1 Å². The second-order valence-electron chi connectivity index (χ2n) is 5.61. The summed E-state index contributed by atoms with van der Waals surface area (Å²) in [4.78, 5) is 2.23. The Labute approximate surface area is 138 Å². The van der Waals surface area contributed by atoms with Crippen LogP contribution in [0.5, 0.6) is 5.75 Å². The van der Waals surface area contributed by atoms with Crippen molar-refractivity contribution >= 4 is 28.3 Å². The number of rotatable bonds is 5. The van der Waals surface area contributed by atoms with E-state index in [9.17, 15) is 8.78 Å². The predicted molar refractivity (Wildman–Crippen MR) is 85.1 cm³/mol. The zero-order valence-corrected chi connectivity index (χ0v) is 14.2. The van der Waals surface area contributed by atoms with Crippen molar-refractivity contribution in [3.63, 3.8) is 0 Å². The molecule has 1 aliphatic rings. The van der Waals surface area contributed by atoms with Crippen LogP contribution < -0.4 is 10.5 Å². The van der Waals surface area contributed by atoms with Crippen LogP contribution in [0.3, 0.4) is 0 Å². The number of hydrogen-bond donors (Lipinski definition) is 1. The van der Waals surface area contributed by atoms with Gasteiger partial charge in [-0.1, -0.05) is 22.9 Å². The second kappa shape index (κ2) is 7.72. The fraction of sp³-hybridized carbons (Fsp3) is 0.571. The van der Waals surface area contributed by atoms with Gasteiger partial charge in [0.05, 0.1) is 0 Å². The first-order valence-electron chi connectivity index (χ1n) is 6.57. The van der Waals surface area contributed by atoms with Gasteiger partial charge < -0.3 is 10.5 Å². The number of halogens is 4. The quantitative estimate of drug-likeness (QED) is 0.841. The molecule has 0 aliphatic carbocycles. The highest BCUT2D eigenvalue weighted by Gasteiger charge is 2.32. The molecule has 0 spiro atoms. The van der Waals surface area contributed by atoms with Crippen molar-refractivity contribution in [2.75, 3.05) is 19.6 Å². The molecule has 0 aromatic heterocycles. The van der Waals surface area contributed by atoms with E-state index < -0.39 is 6.61 Å². The van der Waals surface area contributed by atoms with E-state index in [1.807, 2.05) is 6.07 Å². The van der Waals surface area contributed by atoms with Crippen molar-refractivity contribution in [1.29, 1.82) is 0 Å². The Morgan fingerprint density at radius 2 is 2.19 bits per heavy atom. The van der Waals surface area contributed by atoms with Gasteiger partial charge in [-0.3, -0.25) is 4.90 Å². The molecule has 1 fully saturated rings. The van der Waals surface area contributed by atoms with E-state index in [2.05, 4.69) is 32.5 Å². The zero-order chi connectivity index (χ0) is 14.8. The minimum absolute atomic E-state index is 0. The van der Waals surface area contributed by atoms with E-state index in [0.717, 1.165) is 29.5 Å². The summed E-state index contributed by atoms with van der Waals surface area (Å²) in [5.41, 5.74) is 6.67. The summed E-state index contributed by atoms with van der Waals surface area (Å²) in [5.74, 6) is 0.240. The normalized spacial score (nSPS) is 22.4. The van der Waals surface area contributed by atoms with Crippen molar-refractivity contribution in [1.82, 2.24) is 4.90 Å². The molecule has 1 heterocycles. The van der Waals surface area contributed by atoms with Crippen molar-refractivity contribution in [3.05, 3.63) is 28.2 Å². The van der Waals surface area contributed by atoms with E-state index in [4.69, 9.17) is 5.73 Å². The highest BCUT2D eigenvalue weighted by molar-refractivity contribution is 9.10. The first kappa shape index (κ1) is 18.6. The third-order valence-corrected chi connectivity index (χ3v) is 4.26. The minimum atomic E-state index is -2.80. The third-order valence-electron chi connectivity index (χ3n) is 3.76. The molecule has 21 heavy (non-hydrogen) atoms. The van der Waals surface area contributed by atoms with Gasteiger partial charge in [0, 0.05) is 23.1 Å². The smallest absolute Gasteiger partial charge is 0.387 e. The monoisotopic (exact) mass is 384 g/mol. The van der Waals surface area contributed by atoms with Crippen LogP contribution in [-0.2, 0) is 6.54 Å². The molecule has 0 bridgehead atoms. The van der Waals surface area contributed by atoms with Crippen molar-refractivity contribution in [3.8, 4) is 5.75 Å². The standard InChI is InChI=1S/C14H19BrF2N2O.ClH/c1-14(8-18)4-5-19(9-14)7-10-6-11(15)2-3-12(10)20-13(16)17;/h2-3,6,13H,4-5,7-9,18H2,1H3;1H.